The molecule has 0 amide bonds. The molecule has 0 aromatic heterocycles. The van der Waals surface area contributed by atoms with Gasteiger partial charge in [-0.3, -0.25) is 4.72 Å². The van der Waals surface area contributed by atoms with Crippen LogP contribution in [0.4, 0.5) is 10.1 Å². The zero-order valence-electron chi connectivity index (χ0n) is 10.8. The Hall–Kier alpha value is -1.25. The van der Waals surface area contributed by atoms with Crippen LogP contribution in [0.15, 0.2) is 18.2 Å². The van der Waals surface area contributed by atoms with Gasteiger partial charge in [-0.25, -0.2) is 4.39 Å². The fourth-order valence-corrected chi connectivity index (χ4v) is 2.96. The summed E-state index contributed by atoms with van der Waals surface area (Å²) >= 11 is 4.72. The van der Waals surface area contributed by atoms with Crippen LogP contribution in [-0.4, -0.2) is 18.9 Å². The van der Waals surface area contributed by atoms with Gasteiger partial charge in [0.2, 0.25) is 0 Å². The van der Waals surface area contributed by atoms with Crippen molar-refractivity contribution in [1.82, 2.24) is 4.72 Å². The highest BCUT2D eigenvalue weighted by atomic mass is 32.2. The number of nitrogens with one attached hydrogen (secondary N) is 2. The number of anilines is 1. The molecular weight excluding hydrogens is 289 g/mol. The van der Waals surface area contributed by atoms with Crippen LogP contribution in [0.25, 0.3) is 0 Å². The number of halogens is 1. The predicted molar refractivity (Wildman–Crippen MR) is 77.7 cm³/mol. The first-order valence-electron chi connectivity index (χ1n) is 5.42. The summed E-state index contributed by atoms with van der Waals surface area (Å²) in [6, 6.07) is 3.91. The Morgan fingerprint density at radius 1 is 1.37 bits per heavy atom. The molecule has 0 unspecified atom stereocenters. The average Bonchev–Trinajstić information content (AvgIpc) is 2.11. The second-order valence-corrected chi connectivity index (χ2v) is 6.84. The summed E-state index contributed by atoms with van der Waals surface area (Å²) in [4.78, 5) is -0.216. The lowest BCUT2D eigenvalue weighted by molar-refractivity contribution is 0.494. The van der Waals surface area contributed by atoms with E-state index in [1.807, 2.05) is 0 Å². The molecule has 0 aliphatic carbocycles. The molecule has 0 atom stereocenters. The van der Waals surface area contributed by atoms with Crippen molar-refractivity contribution < 1.29 is 12.8 Å². The second kappa shape index (κ2) is 5.40. The summed E-state index contributed by atoms with van der Waals surface area (Å²) in [5, 5.41) is 0. The molecule has 0 aliphatic heterocycles. The maximum atomic E-state index is 13.6. The Morgan fingerprint density at radius 3 is 2.42 bits per heavy atom. The molecule has 106 valence electrons. The molecule has 0 aliphatic rings. The molecule has 1 rings (SSSR count). The van der Waals surface area contributed by atoms with Crippen LogP contribution in [-0.2, 0) is 10.2 Å². The first-order valence-corrected chi connectivity index (χ1v) is 7.31. The first-order chi connectivity index (χ1) is 8.52. The molecule has 1 aromatic carbocycles. The maximum absolute atomic E-state index is 13.6. The SMILES string of the molecule is CC(C)(C)NS(=O)(=O)Nc1cccc(F)c1C(N)=S. The van der Waals surface area contributed by atoms with Gasteiger partial charge in [-0.2, -0.15) is 13.1 Å². The lowest BCUT2D eigenvalue weighted by Gasteiger charge is -2.21. The predicted octanol–water partition coefficient (Wildman–Crippen LogP) is 1.50. The number of thiocarbonyl (C=S) groups is 1. The van der Waals surface area contributed by atoms with Crippen LogP contribution < -0.4 is 15.2 Å². The van der Waals surface area contributed by atoms with Gasteiger partial charge in [0.1, 0.15) is 10.8 Å². The minimum absolute atomic E-state index is 0.00394. The molecule has 0 heterocycles. The highest BCUT2D eigenvalue weighted by molar-refractivity contribution is 7.90. The van der Waals surface area contributed by atoms with Gasteiger partial charge in [0.05, 0.1) is 11.3 Å². The monoisotopic (exact) mass is 305 g/mol. The number of nitrogens with two attached hydrogens (primary N) is 1. The van der Waals surface area contributed by atoms with Gasteiger partial charge in [-0.1, -0.05) is 18.3 Å². The molecule has 0 saturated heterocycles. The highest BCUT2D eigenvalue weighted by Gasteiger charge is 2.22. The molecule has 4 N–H and O–H groups in total. The van der Waals surface area contributed by atoms with Crippen molar-refractivity contribution in [3.05, 3.63) is 29.6 Å². The van der Waals surface area contributed by atoms with Gasteiger partial charge in [0, 0.05) is 5.54 Å². The smallest absolute Gasteiger partial charge is 0.299 e. The van der Waals surface area contributed by atoms with Crippen LogP contribution in [0, 0.1) is 5.82 Å². The largest absolute Gasteiger partial charge is 0.389 e. The Bertz CT molecular complexity index is 594. The summed E-state index contributed by atoms with van der Waals surface area (Å²) in [6.07, 6.45) is 0. The van der Waals surface area contributed by atoms with Crippen molar-refractivity contribution >= 4 is 33.1 Å². The highest BCUT2D eigenvalue weighted by Crippen LogP contribution is 2.20. The van der Waals surface area contributed by atoms with Crippen molar-refractivity contribution in [2.24, 2.45) is 5.73 Å². The lowest BCUT2D eigenvalue weighted by atomic mass is 10.1. The van der Waals surface area contributed by atoms with Gasteiger partial charge < -0.3 is 5.73 Å². The zero-order chi connectivity index (χ0) is 14.8. The third kappa shape index (κ3) is 4.73. The summed E-state index contributed by atoms with van der Waals surface area (Å²) < 4.78 is 41.9. The van der Waals surface area contributed by atoms with E-state index < -0.39 is 21.6 Å². The van der Waals surface area contributed by atoms with E-state index in [1.54, 1.807) is 20.8 Å². The normalized spacial score (nSPS) is 12.2. The van der Waals surface area contributed by atoms with E-state index >= 15 is 0 Å². The average molecular weight is 305 g/mol. The molecule has 8 heteroatoms. The Balaban J connectivity index is 3.14. The van der Waals surface area contributed by atoms with Crippen molar-refractivity contribution in [2.45, 2.75) is 26.3 Å². The van der Waals surface area contributed by atoms with Gasteiger partial charge in [0.15, 0.2) is 0 Å². The van der Waals surface area contributed by atoms with E-state index in [1.165, 1.54) is 12.1 Å². The van der Waals surface area contributed by atoms with Crippen molar-refractivity contribution in [3.8, 4) is 0 Å². The fraction of sp³-hybridized carbons (Fsp3) is 0.364. The van der Waals surface area contributed by atoms with E-state index in [0.717, 1.165) is 6.07 Å². The Kier molecular flexibility index (Phi) is 4.49. The van der Waals surface area contributed by atoms with Crippen molar-refractivity contribution in [1.29, 1.82) is 0 Å². The number of hydrogen-bond acceptors (Lipinski definition) is 3. The lowest BCUT2D eigenvalue weighted by Crippen LogP contribution is -2.43. The molecule has 0 fully saturated rings. The summed E-state index contributed by atoms with van der Waals surface area (Å²) in [5.41, 5.74) is 4.61. The molecule has 0 radical (unpaired) electrons. The quantitative estimate of drug-likeness (QED) is 0.736. The van der Waals surface area contributed by atoms with Crippen LogP contribution in [0.2, 0.25) is 0 Å². The third-order valence-electron chi connectivity index (χ3n) is 1.94. The Morgan fingerprint density at radius 2 is 1.95 bits per heavy atom. The number of benzene rings is 1. The summed E-state index contributed by atoms with van der Waals surface area (Å²) in [7, 11) is -3.85. The minimum atomic E-state index is -3.85. The number of rotatable bonds is 4. The fourth-order valence-electron chi connectivity index (χ4n) is 1.43. The van der Waals surface area contributed by atoms with Crippen LogP contribution in [0.1, 0.15) is 26.3 Å². The molecule has 19 heavy (non-hydrogen) atoms. The minimum Gasteiger partial charge on any atom is -0.389 e. The zero-order valence-corrected chi connectivity index (χ0v) is 12.5. The first kappa shape index (κ1) is 15.8. The molecule has 0 saturated carbocycles. The van der Waals surface area contributed by atoms with E-state index in [0.29, 0.717) is 0 Å². The van der Waals surface area contributed by atoms with E-state index in [4.69, 9.17) is 18.0 Å². The van der Waals surface area contributed by atoms with Gasteiger partial charge in [0.25, 0.3) is 10.2 Å². The standard InChI is InChI=1S/C11H16FN3O2S2/c1-11(2,3)15-19(16,17)14-8-6-4-5-7(12)9(8)10(13)18/h4-6,14-15H,1-3H3,(H2,13,18). The van der Waals surface area contributed by atoms with Crippen molar-refractivity contribution in [2.75, 3.05) is 4.72 Å². The molecule has 0 spiro atoms. The molecule has 5 nitrogen and oxygen atoms in total. The molecule has 1 aromatic rings. The topological polar surface area (TPSA) is 84.2 Å². The molecular formula is C11H16FN3O2S2. The summed E-state index contributed by atoms with van der Waals surface area (Å²) in [6.45, 7) is 5.06. The van der Waals surface area contributed by atoms with Crippen LogP contribution >= 0.6 is 12.2 Å². The van der Waals surface area contributed by atoms with E-state index in [2.05, 4.69) is 9.44 Å². The molecule has 0 bridgehead atoms. The van der Waals surface area contributed by atoms with E-state index in [-0.39, 0.29) is 16.2 Å². The second-order valence-electron chi connectivity index (χ2n) is 4.98. The third-order valence-corrected chi connectivity index (χ3v) is 3.52. The Labute approximate surface area is 117 Å². The summed E-state index contributed by atoms with van der Waals surface area (Å²) in [5.74, 6) is -0.677. The van der Waals surface area contributed by atoms with Gasteiger partial charge >= 0.3 is 0 Å². The van der Waals surface area contributed by atoms with Gasteiger partial charge in [-0.05, 0) is 32.9 Å². The van der Waals surface area contributed by atoms with Gasteiger partial charge in [-0.15, -0.1) is 0 Å². The number of hydrogen-bond donors (Lipinski definition) is 3. The van der Waals surface area contributed by atoms with E-state index in [9.17, 15) is 12.8 Å². The van der Waals surface area contributed by atoms with Crippen molar-refractivity contribution in [3.63, 3.8) is 0 Å². The van der Waals surface area contributed by atoms with Crippen LogP contribution in [0.5, 0.6) is 0 Å². The van der Waals surface area contributed by atoms with Crippen LogP contribution in [0.3, 0.4) is 0 Å². The maximum Gasteiger partial charge on any atom is 0.299 e.